The van der Waals surface area contributed by atoms with Gasteiger partial charge in [0.2, 0.25) is 0 Å². The fourth-order valence-electron chi connectivity index (χ4n) is 4.05. The normalized spacial score (nSPS) is 29.3. The highest BCUT2D eigenvalue weighted by Crippen LogP contribution is 2.47. The maximum atomic E-state index is 12.8. The third kappa shape index (κ3) is 2.81. The van der Waals surface area contributed by atoms with Gasteiger partial charge in [0.1, 0.15) is 11.5 Å². The van der Waals surface area contributed by atoms with Gasteiger partial charge in [0, 0.05) is 25.6 Å². The van der Waals surface area contributed by atoms with Gasteiger partial charge >= 0.3 is 6.18 Å². The molecule has 0 amide bonds. The summed E-state index contributed by atoms with van der Waals surface area (Å²) in [6, 6.07) is 4.14. The molecule has 122 valence electrons. The van der Waals surface area contributed by atoms with Gasteiger partial charge in [-0.3, -0.25) is 0 Å². The molecule has 6 heteroatoms. The van der Waals surface area contributed by atoms with Gasteiger partial charge in [-0.25, -0.2) is 4.98 Å². The first-order valence-electron chi connectivity index (χ1n) is 7.77. The Bertz CT molecular complexity index is 534. The Kier molecular flexibility index (Phi) is 4.05. The van der Waals surface area contributed by atoms with Crippen LogP contribution in [0.25, 0.3) is 0 Å². The standard InChI is InChI=1S/C16H21F3N2O/c1-22-13-6-3-8-15(13)9-4-10-21(11-15)14-7-2-5-12(20-14)16(17,18)19/h2,5,7,13H,3-4,6,8-11H2,1H3/t13-,15-/m1/s1. The molecule has 2 aliphatic rings. The van der Waals surface area contributed by atoms with E-state index in [1.807, 2.05) is 4.90 Å². The van der Waals surface area contributed by atoms with E-state index in [0.29, 0.717) is 5.82 Å². The van der Waals surface area contributed by atoms with Crippen LogP contribution in [0.4, 0.5) is 19.0 Å². The van der Waals surface area contributed by atoms with Crippen LogP contribution >= 0.6 is 0 Å². The van der Waals surface area contributed by atoms with E-state index in [9.17, 15) is 13.2 Å². The molecule has 1 aliphatic carbocycles. The third-order valence-electron chi connectivity index (χ3n) is 5.07. The summed E-state index contributed by atoms with van der Waals surface area (Å²) in [6.07, 6.45) is 1.12. The molecule has 0 N–H and O–H groups in total. The summed E-state index contributed by atoms with van der Waals surface area (Å²) in [4.78, 5) is 5.83. The van der Waals surface area contributed by atoms with Crippen LogP contribution in [0, 0.1) is 5.41 Å². The number of hydrogen-bond donors (Lipinski definition) is 0. The lowest BCUT2D eigenvalue weighted by Gasteiger charge is -2.44. The second kappa shape index (κ2) is 5.72. The second-order valence-electron chi connectivity index (χ2n) is 6.38. The molecule has 2 heterocycles. The number of methoxy groups -OCH3 is 1. The highest BCUT2D eigenvalue weighted by molar-refractivity contribution is 5.41. The number of halogens is 3. The summed E-state index contributed by atoms with van der Waals surface area (Å²) in [6.45, 7) is 1.49. The minimum atomic E-state index is -4.40. The van der Waals surface area contributed by atoms with Gasteiger partial charge in [-0.2, -0.15) is 13.2 Å². The lowest BCUT2D eigenvalue weighted by Crippen LogP contribution is -2.48. The first kappa shape index (κ1) is 15.6. The number of alkyl halides is 3. The molecule has 1 saturated heterocycles. The maximum Gasteiger partial charge on any atom is 0.433 e. The van der Waals surface area contributed by atoms with Crippen LogP contribution in [0.2, 0.25) is 0 Å². The van der Waals surface area contributed by atoms with Crippen LogP contribution < -0.4 is 4.90 Å². The number of hydrogen-bond acceptors (Lipinski definition) is 3. The Morgan fingerprint density at radius 1 is 1.27 bits per heavy atom. The molecule has 3 rings (SSSR count). The number of piperidine rings is 1. The summed E-state index contributed by atoms with van der Waals surface area (Å²) in [5, 5.41) is 0. The molecule has 2 fully saturated rings. The summed E-state index contributed by atoms with van der Waals surface area (Å²) in [7, 11) is 1.74. The quantitative estimate of drug-likeness (QED) is 0.828. The number of aromatic nitrogens is 1. The summed E-state index contributed by atoms with van der Waals surface area (Å²) >= 11 is 0. The van der Waals surface area contributed by atoms with E-state index >= 15 is 0 Å². The van der Waals surface area contributed by atoms with Crippen molar-refractivity contribution in [2.75, 3.05) is 25.1 Å². The zero-order chi connectivity index (χ0) is 15.8. The zero-order valence-electron chi connectivity index (χ0n) is 12.7. The first-order valence-corrected chi connectivity index (χ1v) is 7.77. The Hall–Kier alpha value is -1.30. The van der Waals surface area contributed by atoms with Crippen LogP contribution in [-0.2, 0) is 10.9 Å². The molecule has 1 aromatic heterocycles. The van der Waals surface area contributed by atoms with Crippen LogP contribution in [0.3, 0.4) is 0 Å². The fourth-order valence-corrected chi connectivity index (χ4v) is 4.05. The summed E-state index contributed by atoms with van der Waals surface area (Å²) in [5.41, 5.74) is -0.748. The zero-order valence-corrected chi connectivity index (χ0v) is 12.7. The lowest BCUT2D eigenvalue weighted by atomic mass is 9.76. The van der Waals surface area contributed by atoms with Crippen molar-refractivity contribution in [3.8, 4) is 0 Å². The molecule has 0 bridgehead atoms. The molecule has 2 atom stereocenters. The van der Waals surface area contributed by atoms with Crippen LogP contribution in [0.1, 0.15) is 37.8 Å². The molecule has 1 saturated carbocycles. The molecule has 1 aromatic rings. The van der Waals surface area contributed by atoms with Crippen molar-refractivity contribution in [3.05, 3.63) is 23.9 Å². The van der Waals surface area contributed by atoms with E-state index < -0.39 is 11.9 Å². The van der Waals surface area contributed by atoms with Gasteiger partial charge in [0.15, 0.2) is 0 Å². The minimum Gasteiger partial charge on any atom is -0.381 e. The van der Waals surface area contributed by atoms with E-state index in [0.717, 1.165) is 51.3 Å². The van der Waals surface area contributed by atoms with Gasteiger partial charge in [-0.15, -0.1) is 0 Å². The molecule has 0 radical (unpaired) electrons. The number of nitrogens with zero attached hydrogens (tertiary/aromatic N) is 2. The van der Waals surface area contributed by atoms with Gasteiger partial charge in [-0.1, -0.05) is 12.5 Å². The summed E-state index contributed by atoms with van der Waals surface area (Å²) < 4.78 is 44.2. The van der Waals surface area contributed by atoms with Crippen LogP contribution in [0.5, 0.6) is 0 Å². The average Bonchev–Trinajstić information content (AvgIpc) is 2.88. The molecular weight excluding hydrogens is 293 g/mol. The van der Waals surface area contributed by atoms with E-state index in [-0.39, 0.29) is 11.5 Å². The second-order valence-corrected chi connectivity index (χ2v) is 6.38. The Labute approximate surface area is 128 Å². The number of pyridine rings is 1. The van der Waals surface area contributed by atoms with Crippen LogP contribution in [0.15, 0.2) is 18.2 Å². The smallest absolute Gasteiger partial charge is 0.381 e. The van der Waals surface area contributed by atoms with E-state index in [1.165, 1.54) is 6.07 Å². The predicted molar refractivity (Wildman–Crippen MR) is 77.8 cm³/mol. The molecule has 3 nitrogen and oxygen atoms in total. The average molecular weight is 314 g/mol. The molecular formula is C16H21F3N2O. The molecule has 0 aromatic carbocycles. The topological polar surface area (TPSA) is 25.4 Å². The van der Waals surface area contributed by atoms with Crippen molar-refractivity contribution < 1.29 is 17.9 Å². The summed E-state index contributed by atoms with van der Waals surface area (Å²) in [5.74, 6) is 0.427. The molecule has 22 heavy (non-hydrogen) atoms. The van der Waals surface area contributed by atoms with Gasteiger partial charge in [0.05, 0.1) is 6.10 Å². The Morgan fingerprint density at radius 2 is 2.05 bits per heavy atom. The maximum absolute atomic E-state index is 12.8. The van der Waals surface area contributed by atoms with E-state index in [2.05, 4.69) is 4.98 Å². The van der Waals surface area contributed by atoms with E-state index in [4.69, 9.17) is 4.74 Å². The SMILES string of the molecule is CO[C@@H]1CCC[C@]12CCCN(c1cccc(C(F)(F)F)n1)C2. The highest BCUT2D eigenvalue weighted by Gasteiger charge is 2.46. The number of anilines is 1. The van der Waals surface area contributed by atoms with Gasteiger partial charge < -0.3 is 9.64 Å². The van der Waals surface area contributed by atoms with Crippen molar-refractivity contribution in [3.63, 3.8) is 0 Å². The number of rotatable bonds is 2. The highest BCUT2D eigenvalue weighted by atomic mass is 19.4. The van der Waals surface area contributed by atoms with E-state index in [1.54, 1.807) is 13.2 Å². The predicted octanol–water partition coefficient (Wildman–Crippen LogP) is 3.89. The molecule has 1 aliphatic heterocycles. The monoisotopic (exact) mass is 314 g/mol. The van der Waals surface area contributed by atoms with Gasteiger partial charge in [0.25, 0.3) is 0 Å². The Balaban J connectivity index is 1.83. The van der Waals surface area contributed by atoms with Crippen molar-refractivity contribution in [2.45, 2.75) is 44.4 Å². The molecule has 1 spiro atoms. The number of ether oxygens (including phenoxy) is 1. The Morgan fingerprint density at radius 3 is 2.77 bits per heavy atom. The third-order valence-corrected chi connectivity index (χ3v) is 5.07. The first-order chi connectivity index (χ1) is 10.4. The fraction of sp³-hybridized carbons (Fsp3) is 0.688. The van der Waals surface area contributed by atoms with Crippen molar-refractivity contribution in [1.29, 1.82) is 0 Å². The lowest BCUT2D eigenvalue weighted by molar-refractivity contribution is -0.141. The largest absolute Gasteiger partial charge is 0.433 e. The van der Waals surface area contributed by atoms with Crippen molar-refractivity contribution >= 4 is 5.82 Å². The molecule has 0 unspecified atom stereocenters. The van der Waals surface area contributed by atoms with Crippen molar-refractivity contribution in [1.82, 2.24) is 4.98 Å². The van der Waals surface area contributed by atoms with Crippen molar-refractivity contribution in [2.24, 2.45) is 5.41 Å². The van der Waals surface area contributed by atoms with Gasteiger partial charge in [-0.05, 0) is 37.8 Å². The minimum absolute atomic E-state index is 0.0723. The van der Waals surface area contributed by atoms with Crippen LogP contribution in [-0.4, -0.2) is 31.3 Å².